The molecule has 0 spiro atoms. The second-order valence-electron chi connectivity index (χ2n) is 5.87. The molecule has 5 heteroatoms. The molecule has 0 fully saturated rings. The molecule has 0 bridgehead atoms. The Kier molecular flexibility index (Phi) is 4.72. The fraction of sp³-hybridized carbons (Fsp3) is 0.100. The highest BCUT2D eigenvalue weighted by Gasteiger charge is 2.17. The number of benzene rings is 3. The molecule has 4 nitrogen and oxygen atoms in total. The predicted octanol–water partition coefficient (Wildman–Crippen LogP) is 4.69. The number of aryl methyl sites for hydroxylation is 2. The number of halogens is 1. The molecule has 0 aliphatic rings. The van der Waals surface area contributed by atoms with Gasteiger partial charge >= 0.3 is 11.8 Å². The molecular weight excluding hydrogens is 336 g/mol. The van der Waals surface area contributed by atoms with Gasteiger partial charge in [0, 0.05) is 11.1 Å². The molecule has 0 aromatic heterocycles. The lowest BCUT2D eigenvalue weighted by molar-refractivity contribution is -0.132. The number of carbonyl (C=O) groups excluding carboxylic acids is 2. The molecule has 2 N–H and O–H groups in total. The predicted molar refractivity (Wildman–Crippen MR) is 102 cm³/mol. The highest BCUT2D eigenvalue weighted by molar-refractivity contribution is 6.45. The molecule has 0 aliphatic carbocycles. The Bertz CT molecular complexity index is 954. The van der Waals surface area contributed by atoms with E-state index in [0.29, 0.717) is 16.4 Å². The molecule has 126 valence electrons. The second kappa shape index (κ2) is 6.95. The van der Waals surface area contributed by atoms with E-state index in [2.05, 4.69) is 10.6 Å². The van der Waals surface area contributed by atoms with Gasteiger partial charge in [-0.15, -0.1) is 0 Å². The summed E-state index contributed by atoms with van der Waals surface area (Å²) in [6, 6.07) is 16.8. The maximum Gasteiger partial charge on any atom is 0.314 e. The van der Waals surface area contributed by atoms with Crippen molar-refractivity contribution in [1.29, 1.82) is 0 Å². The first-order valence-electron chi connectivity index (χ1n) is 7.82. The fourth-order valence-electron chi connectivity index (χ4n) is 2.76. The standard InChI is InChI=1S/C20H17ClN2O2/c1-12-10-13(2)18(16(21)11-12)23-20(25)19(24)22-17-9-5-7-14-6-3-4-8-15(14)17/h3-11H,1-2H3,(H,22,24)(H,23,25). The van der Waals surface area contributed by atoms with Gasteiger partial charge in [-0.2, -0.15) is 0 Å². The van der Waals surface area contributed by atoms with Crippen molar-refractivity contribution in [3.63, 3.8) is 0 Å². The maximum absolute atomic E-state index is 12.3. The molecule has 0 saturated carbocycles. The molecule has 0 aliphatic heterocycles. The highest BCUT2D eigenvalue weighted by atomic mass is 35.5. The smallest absolute Gasteiger partial charge is 0.314 e. The summed E-state index contributed by atoms with van der Waals surface area (Å²) < 4.78 is 0. The molecule has 0 unspecified atom stereocenters. The quantitative estimate of drug-likeness (QED) is 0.657. The Hall–Kier alpha value is -2.85. The van der Waals surface area contributed by atoms with E-state index < -0.39 is 11.8 Å². The Morgan fingerprint density at radius 1 is 0.880 bits per heavy atom. The van der Waals surface area contributed by atoms with Crippen LogP contribution in [0.5, 0.6) is 0 Å². The number of rotatable bonds is 2. The first kappa shape index (κ1) is 17.0. The minimum atomic E-state index is -0.762. The number of amides is 2. The van der Waals surface area contributed by atoms with Gasteiger partial charge in [-0.3, -0.25) is 9.59 Å². The van der Waals surface area contributed by atoms with Crippen LogP contribution >= 0.6 is 11.6 Å². The average molecular weight is 353 g/mol. The first-order valence-corrected chi connectivity index (χ1v) is 8.20. The van der Waals surface area contributed by atoms with Gasteiger partial charge in [0.25, 0.3) is 0 Å². The number of hydrogen-bond donors (Lipinski definition) is 2. The minimum absolute atomic E-state index is 0.406. The molecule has 3 rings (SSSR count). The van der Waals surface area contributed by atoms with Crippen LogP contribution in [0.2, 0.25) is 5.02 Å². The highest BCUT2D eigenvalue weighted by Crippen LogP contribution is 2.27. The normalized spacial score (nSPS) is 10.5. The van der Waals surface area contributed by atoms with E-state index in [-0.39, 0.29) is 0 Å². The number of nitrogens with one attached hydrogen (secondary N) is 2. The van der Waals surface area contributed by atoms with E-state index in [1.54, 1.807) is 12.1 Å². The summed E-state index contributed by atoms with van der Waals surface area (Å²) in [6.45, 7) is 3.74. The van der Waals surface area contributed by atoms with Crippen molar-refractivity contribution < 1.29 is 9.59 Å². The number of hydrogen-bond acceptors (Lipinski definition) is 2. The van der Waals surface area contributed by atoms with Crippen molar-refractivity contribution in [3.05, 3.63) is 70.7 Å². The Balaban J connectivity index is 1.81. The summed E-state index contributed by atoms with van der Waals surface area (Å²) in [7, 11) is 0. The van der Waals surface area contributed by atoms with Gasteiger partial charge in [-0.1, -0.05) is 54.1 Å². The summed E-state index contributed by atoms with van der Waals surface area (Å²) in [5.74, 6) is -1.51. The van der Waals surface area contributed by atoms with Gasteiger partial charge in [0.05, 0.1) is 10.7 Å². The van der Waals surface area contributed by atoms with Crippen LogP contribution in [0.25, 0.3) is 10.8 Å². The third-order valence-corrected chi connectivity index (χ3v) is 4.21. The van der Waals surface area contributed by atoms with Crippen LogP contribution in [-0.2, 0) is 9.59 Å². The average Bonchev–Trinajstić information content (AvgIpc) is 2.58. The first-order chi connectivity index (χ1) is 12.0. The Labute approximate surface area is 150 Å². The zero-order chi connectivity index (χ0) is 18.0. The van der Waals surface area contributed by atoms with Crippen molar-refractivity contribution in [1.82, 2.24) is 0 Å². The number of anilines is 2. The molecule has 25 heavy (non-hydrogen) atoms. The third-order valence-electron chi connectivity index (χ3n) is 3.91. The fourth-order valence-corrected chi connectivity index (χ4v) is 3.13. The van der Waals surface area contributed by atoms with Gasteiger partial charge in [-0.05, 0) is 42.5 Å². The van der Waals surface area contributed by atoms with Crippen molar-refractivity contribution >= 4 is 45.6 Å². The lowest BCUT2D eigenvalue weighted by Gasteiger charge is -2.12. The molecule has 0 radical (unpaired) electrons. The van der Waals surface area contributed by atoms with Crippen molar-refractivity contribution in [2.75, 3.05) is 10.6 Å². The van der Waals surface area contributed by atoms with E-state index in [4.69, 9.17) is 11.6 Å². The molecule has 3 aromatic carbocycles. The Morgan fingerprint density at radius 3 is 2.32 bits per heavy atom. The summed E-state index contributed by atoms with van der Waals surface area (Å²) in [5, 5.41) is 7.51. The second-order valence-corrected chi connectivity index (χ2v) is 6.28. The van der Waals surface area contributed by atoms with Crippen molar-refractivity contribution in [2.45, 2.75) is 13.8 Å². The molecule has 3 aromatic rings. The molecule has 0 saturated heterocycles. The van der Waals surface area contributed by atoms with Crippen molar-refractivity contribution in [2.24, 2.45) is 0 Å². The largest absolute Gasteiger partial charge is 0.317 e. The minimum Gasteiger partial charge on any atom is -0.317 e. The van der Waals surface area contributed by atoms with Crippen LogP contribution in [0.1, 0.15) is 11.1 Å². The molecule has 0 atom stereocenters. The van der Waals surface area contributed by atoms with Gasteiger partial charge in [0.2, 0.25) is 0 Å². The van der Waals surface area contributed by atoms with Crippen LogP contribution in [-0.4, -0.2) is 11.8 Å². The zero-order valence-electron chi connectivity index (χ0n) is 13.9. The van der Waals surface area contributed by atoms with Crippen LogP contribution in [0, 0.1) is 13.8 Å². The lowest BCUT2D eigenvalue weighted by Crippen LogP contribution is -2.29. The van der Waals surface area contributed by atoms with Crippen molar-refractivity contribution in [3.8, 4) is 0 Å². The van der Waals surface area contributed by atoms with E-state index in [1.165, 1.54) is 0 Å². The maximum atomic E-state index is 12.3. The van der Waals surface area contributed by atoms with E-state index in [1.807, 2.05) is 56.3 Å². The van der Waals surface area contributed by atoms with E-state index >= 15 is 0 Å². The van der Waals surface area contributed by atoms with Gasteiger partial charge in [0.1, 0.15) is 0 Å². The molecule has 2 amide bonds. The van der Waals surface area contributed by atoms with Gasteiger partial charge in [-0.25, -0.2) is 0 Å². The molecular formula is C20H17ClN2O2. The summed E-state index contributed by atoms with van der Waals surface area (Å²) in [4.78, 5) is 24.5. The van der Waals surface area contributed by atoms with E-state index in [9.17, 15) is 9.59 Å². The third kappa shape index (κ3) is 3.64. The summed E-state index contributed by atoms with van der Waals surface area (Å²) in [6.07, 6.45) is 0. The monoisotopic (exact) mass is 352 g/mol. The van der Waals surface area contributed by atoms with E-state index in [0.717, 1.165) is 21.9 Å². The lowest BCUT2D eigenvalue weighted by atomic mass is 10.1. The Morgan fingerprint density at radius 2 is 1.56 bits per heavy atom. The van der Waals surface area contributed by atoms with Crippen LogP contribution in [0.15, 0.2) is 54.6 Å². The van der Waals surface area contributed by atoms with Crippen LogP contribution in [0.4, 0.5) is 11.4 Å². The summed E-state index contributed by atoms with van der Waals surface area (Å²) in [5.41, 5.74) is 2.83. The van der Waals surface area contributed by atoms with Gasteiger partial charge in [0.15, 0.2) is 0 Å². The van der Waals surface area contributed by atoms with Gasteiger partial charge < -0.3 is 10.6 Å². The summed E-state index contributed by atoms with van der Waals surface area (Å²) >= 11 is 6.18. The molecule has 0 heterocycles. The van der Waals surface area contributed by atoms with Crippen LogP contribution in [0.3, 0.4) is 0 Å². The zero-order valence-corrected chi connectivity index (χ0v) is 14.6. The SMILES string of the molecule is Cc1cc(C)c(NC(=O)C(=O)Nc2cccc3ccccc23)c(Cl)c1. The van der Waals surface area contributed by atoms with Crippen LogP contribution < -0.4 is 10.6 Å². The number of carbonyl (C=O) groups is 2. The number of fused-ring (bicyclic) bond motifs is 1. The topological polar surface area (TPSA) is 58.2 Å².